The Balaban J connectivity index is 0.00000243. The van der Waals surface area contributed by atoms with Gasteiger partial charge in [-0.3, -0.25) is 4.99 Å². The van der Waals surface area contributed by atoms with Crippen LogP contribution in [0.3, 0.4) is 0 Å². The molecule has 0 bridgehead atoms. The van der Waals surface area contributed by atoms with E-state index in [4.69, 9.17) is 4.74 Å². The summed E-state index contributed by atoms with van der Waals surface area (Å²) in [5, 5.41) is 3.35. The summed E-state index contributed by atoms with van der Waals surface area (Å²) < 4.78 is 19.0. The van der Waals surface area contributed by atoms with Gasteiger partial charge in [-0.05, 0) is 29.8 Å². The number of piperidine rings is 1. The number of guanidine groups is 1. The van der Waals surface area contributed by atoms with Crippen LogP contribution in [0.5, 0.6) is 5.75 Å². The molecule has 3 rings (SSSR count). The molecule has 1 heterocycles. The average Bonchev–Trinajstić information content (AvgIpc) is 2.66. The van der Waals surface area contributed by atoms with Crippen LogP contribution in [-0.4, -0.2) is 37.1 Å². The van der Waals surface area contributed by atoms with E-state index >= 15 is 0 Å². The molecular weight excluding hydrogens is 444 g/mol. The number of nitrogens with zero attached hydrogens (tertiary/aromatic N) is 2. The molecule has 0 amide bonds. The highest BCUT2D eigenvalue weighted by Gasteiger charge is 2.22. The van der Waals surface area contributed by atoms with Crippen molar-refractivity contribution in [1.82, 2.24) is 10.2 Å². The number of halogens is 2. The molecule has 0 unspecified atom stereocenters. The molecule has 4 nitrogen and oxygen atoms in total. The molecule has 1 saturated heterocycles. The van der Waals surface area contributed by atoms with E-state index in [9.17, 15) is 4.39 Å². The van der Waals surface area contributed by atoms with E-state index in [2.05, 4.69) is 15.2 Å². The minimum Gasteiger partial charge on any atom is -0.490 e. The fraction of sp³-hybridized carbons (Fsp3) is 0.350. The van der Waals surface area contributed by atoms with Gasteiger partial charge in [-0.2, -0.15) is 0 Å². The largest absolute Gasteiger partial charge is 0.490 e. The van der Waals surface area contributed by atoms with Gasteiger partial charge in [0.1, 0.15) is 17.7 Å². The molecule has 1 aliphatic heterocycles. The standard InChI is InChI=1S/C20H24FN3O.HI/c1-22-20(23-15-16-7-9-17(21)10-8-16)24-13-11-19(12-14-24)25-18-5-3-2-4-6-18;/h2-10,19H,11-15H2,1H3,(H,22,23);1H. The lowest BCUT2D eigenvalue weighted by atomic mass is 10.1. The summed E-state index contributed by atoms with van der Waals surface area (Å²) in [4.78, 5) is 6.61. The van der Waals surface area contributed by atoms with Crippen molar-refractivity contribution in [2.24, 2.45) is 4.99 Å². The Morgan fingerprint density at radius 1 is 1.12 bits per heavy atom. The highest BCUT2D eigenvalue weighted by atomic mass is 127. The van der Waals surface area contributed by atoms with Crippen LogP contribution in [0.25, 0.3) is 0 Å². The summed E-state index contributed by atoms with van der Waals surface area (Å²) in [7, 11) is 1.79. The van der Waals surface area contributed by atoms with Gasteiger partial charge in [0.05, 0.1) is 0 Å². The minimum atomic E-state index is -0.214. The average molecular weight is 469 g/mol. The number of hydrogen-bond donors (Lipinski definition) is 1. The van der Waals surface area contributed by atoms with Gasteiger partial charge in [-0.15, -0.1) is 24.0 Å². The highest BCUT2D eigenvalue weighted by molar-refractivity contribution is 14.0. The van der Waals surface area contributed by atoms with Crippen molar-refractivity contribution in [2.75, 3.05) is 20.1 Å². The van der Waals surface area contributed by atoms with Crippen LogP contribution in [0.2, 0.25) is 0 Å². The molecule has 140 valence electrons. The maximum Gasteiger partial charge on any atom is 0.193 e. The maximum atomic E-state index is 13.0. The molecule has 2 aromatic carbocycles. The number of hydrogen-bond acceptors (Lipinski definition) is 2. The summed E-state index contributed by atoms with van der Waals surface area (Å²) in [5.41, 5.74) is 1.03. The molecule has 6 heteroatoms. The Bertz CT molecular complexity index is 686. The van der Waals surface area contributed by atoms with E-state index in [1.54, 1.807) is 19.2 Å². The SMILES string of the molecule is CN=C(NCc1ccc(F)cc1)N1CCC(Oc2ccccc2)CC1.I. The smallest absolute Gasteiger partial charge is 0.193 e. The second-order valence-corrected chi connectivity index (χ2v) is 6.14. The fourth-order valence-corrected chi connectivity index (χ4v) is 2.99. The minimum absolute atomic E-state index is 0. The van der Waals surface area contributed by atoms with Crippen molar-refractivity contribution < 1.29 is 9.13 Å². The lowest BCUT2D eigenvalue weighted by molar-refractivity contribution is 0.129. The summed E-state index contributed by atoms with van der Waals surface area (Å²) in [6, 6.07) is 16.5. The van der Waals surface area contributed by atoms with Crippen molar-refractivity contribution in [3.05, 3.63) is 66.0 Å². The first-order chi connectivity index (χ1) is 12.2. The lowest BCUT2D eigenvalue weighted by Gasteiger charge is -2.34. The Morgan fingerprint density at radius 3 is 2.38 bits per heavy atom. The zero-order chi connectivity index (χ0) is 17.5. The van der Waals surface area contributed by atoms with Crippen molar-refractivity contribution in [3.8, 4) is 5.75 Å². The second kappa shape index (κ2) is 10.4. The van der Waals surface area contributed by atoms with E-state index in [1.807, 2.05) is 30.3 Å². The van der Waals surface area contributed by atoms with Gasteiger partial charge in [-0.1, -0.05) is 30.3 Å². The van der Waals surface area contributed by atoms with Gasteiger partial charge in [-0.25, -0.2) is 4.39 Å². The van der Waals surface area contributed by atoms with Crippen molar-refractivity contribution in [1.29, 1.82) is 0 Å². The van der Waals surface area contributed by atoms with Crippen LogP contribution in [0.1, 0.15) is 18.4 Å². The fourth-order valence-electron chi connectivity index (χ4n) is 2.99. The lowest BCUT2D eigenvalue weighted by Crippen LogP contribution is -2.47. The second-order valence-electron chi connectivity index (χ2n) is 6.14. The van der Waals surface area contributed by atoms with Crippen LogP contribution < -0.4 is 10.1 Å². The third-order valence-corrected chi connectivity index (χ3v) is 4.36. The Kier molecular flexibility index (Phi) is 8.15. The van der Waals surface area contributed by atoms with Crippen molar-refractivity contribution in [3.63, 3.8) is 0 Å². The monoisotopic (exact) mass is 469 g/mol. The van der Waals surface area contributed by atoms with Crippen molar-refractivity contribution in [2.45, 2.75) is 25.5 Å². The van der Waals surface area contributed by atoms with Crippen molar-refractivity contribution >= 4 is 29.9 Å². The topological polar surface area (TPSA) is 36.9 Å². The molecule has 1 fully saturated rings. The van der Waals surface area contributed by atoms with Crippen LogP contribution in [0.4, 0.5) is 4.39 Å². The Morgan fingerprint density at radius 2 is 1.77 bits per heavy atom. The number of para-hydroxylation sites is 1. The van der Waals surface area contributed by atoms with Gasteiger partial charge in [0.15, 0.2) is 5.96 Å². The molecule has 2 aromatic rings. The highest BCUT2D eigenvalue weighted by Crippen LogP contribution is 2.18. The number of ether oxygens (including phenoxy) is 1. The first kappa shape index (κ1) is 20.5. The van der Waals surface area contributed by atoms with Gasteiger partial charge < -0.3 is 15.0 Å². The zero-order valence-corrected chi connectivity index (χ0v) is 17.2. The van der Waals surface area contributed by atoms with Gasteiger partial charge in [0.2, 0.25) is 0 Å². The number of aliphatic imine (C=N–C) groups is 1. The summed E-state index contributed by atoms with van der Waals surface area (Å²) in [5.74, 6) is 1.59. The predicted molar refractivity (Wildman–Crippen MR) is 114 cm³/mol. The Hall–Kier alpha value is -1.83. The quantitative estimate of drug-likeness (QED) is 0.417. The van der Waals surface area contributed by atoms with Crippen LogP contribution in [-0.2, 0) is 6.54 Å². The van der Waals surface area contributed by atoms with Crippen LogP contribution in [0.15, 0.2) is 59.6 Å². The number of benzene rings is 2. The first-order valence-corrected chi connectivity index (χ1v) is 8.66. The molecule has 0 radical (unpaired) electrons. The predicted octanol–water partition coefficient (Wildman–Crippen LogP) is 4.06. The first-order valence-electron chi connectivity index (χ1n) is 8.66. The summed E-state index contributed by atoms with van der Waals surface area (Å²) >= 11 is 0. The van der Waals surface area contributed by atoms with E-state index < -0.39 is 0 Å². The number of nitrogens with one attached hydrogen (secondary N) is 1. The number of likely N-dealkylation sites (tertiary alicyclic amines) is 1. The normalized spacial score (nSPS) is 15.3. The summed E-state index contributed by atoms with van der Waals surface area (Å²) in [6.45, 7) is 2.44. The van der Waals surface area contributed by atoms with E-state index in [-0.39, 0.29) is 35.9 Å². The molecule has 0 spiro atoms. The molecular formula is C20H25FIN3O. The molecule has 0 saturated carbocycles. The third kappa shape index (κ3) is 5.86. The molecule has 1 N–H and O–H groups in total. The van der Waals surface area contributed by atoms with Crippen LogP contribution >= 0.6 is 24.0 Å². The van der Waals surface area contributed by atoms with E-state index in [0.29, 0.717) is 6.54 Å². The molecule has 0 aromatic heterocycles. The zero-order valence-electron chi connectivity index (χ0n) is 14.9. The van der Waals surface area contributed by atoms with Gasteiger partial charge >= 0.3 is 0 Å². The van der Waals surface area contributed by atoms with E-state index in [0.717, 1.165) is 43.2 Å². The van der Waals surface area contributed by atoms with E-state index in [1.165, 1.54) is 12.1 Å². The molecule has 1 aliphatic rings. The third-order valence-electron chi connectivity index (χ3n) is 4.36. The van der Waals surface area contributed by atoms with Gasteiger partial charge in [0, 0.05) is 39.5 Å². The molecule has 0 aliphatic carbocycles. The Labute approximate surface area is 171 Å². The molecule has 0 atom stereocenters. The maximum absolute atomic E-state index is 13.0. The van der Waals surface area contributed by atoms with Crippen LogP contribution in [0, 0.1) is 5.82 Å². The number of rotatable bonds is 4. The van der Waals surface area contributed by atoms with Gasteiger partial charge in [0.25, 0.3) is 0 Å². The molecule has 26 heavy (non-hydrogen) atoms. The summed E-state index contributed by atoms with van der Waals surface area (Å²) in [6.07, 6.45) is 2.17.